The van der Waals surface area contributed by atoms with Crippen molar-refractivity contribution in [3.05, 3.63) is 12.5 Å². The number of sulfonamides is 1. The first-order valence-electron chi connectivity index (χ1n) is 7.34. The summed E-state index contributed by atoms with van der Waals surface area (Å²) in [5.74, 6) is 0. The van der Waals surface area contributed by atoms with E-state index in [4.69, 9.17) is 4.74 Å². The number of fused-ring (bicyclic) bond motifs is 1. The van der Waals surface area contributed by atoms with Crippen molar-refractivity contribution in [3.63, 3.8) is 0 Å². The van der Waals surface area contributed by atoms with E-state index in [2.05, 4.69) is 9.88 Å². The average molecular weight is 314 g/mol. The third kappa shape index (κ3) is 2.85. The van der Waals surface area contributed by atoms with E-state index >= 15 is 0 Å². The van der Waals surface area contributed by atoms with Crippen LogP contribution in [0.3, 0.4) is 0 Å². The number of hydrogen-bond acceptors (Lipinski definition) is 5. The van der Waals surface area contributed by atoms with Crippen LogP contribution in [0.15, 0.2) is 17.6 Å². The molecule has 0 bridgehead atoms. The zero-order valence-electron chi connectivity index (χ0n) is 12.5. The van der Waals surface area contributed by atoms with Crippen LogP contribution in [0, 0.1) is 0 Å². The lowest BCUT2D eigenvalue weighted by Gasteiger charge is -2.35. The summed E-state index contributed by atoms with van der Waals surface area (Å²) < 4.78 is 34.1. The predicted molar refractivity (Wildman–Crippen MR) is 77.4 cm³/mol. The zero-order valence-corrected chi connectivity index (χ0v) is 13.3. The van der Waals surface area contributed by atoms with Gasteiger partial charge in [0.05, 0.1) is 12.4 Å². The summed E-state index contributed by atoms with van der Waals surface area (Å²) in [6, 6.07) is 0.258. The van der Waals surface area contributed by atoms with E-state index in [0.29, 0.717) is 19.7 Å². The summed E-state index contributed by atoms with van der Waals surface area (Å²) >= 11 is 0. The summed E-state index contributed by atoms with van der Waals surface area (Å²) in [5.41, 5.74) is 0. The molecule has 8 heteroatoms. The minimum Gasteiger partial charge on any atom is -0.377 e. The predicted octanol–water partition coefficient (Wildman–Crippen LogP) is -0.0962. The van der Waals surface area contributed by atoms with E-state index in [9.17, 15) is 8.42 Å². The van der Waals surface area contributed by atoms with Crippen LogP contribution in [0.5, 0.6) is 0 Å². The lowest BCUT2D eigenvalue weighted by molar-refractivity contribution is 0.0686. The highest BCUT2D eigenvalue weighted by Crippen LogP contribution is 2.26. The van der Waals surface area contributed by atoms with E-state index in [0.717, 1.165) is 19.5 Å². The van der Waals surface area contributed by atoms with Gasteiger partial charge in [-0.25, -0.2) is 13.4 Å². The Hall–Kier alpha value is -0.960. The van der Waals surface area contributed by atoms with E-state index in [1.807, 2.05) is 6.92 Å². The Balaban J connectivity index is 1.72. The fourth-order valence-electron chi connectivity index (χ4n) is 3.20. The van der Waals surface area contributed by atoms with Gasteiger partial charge in [0.25, 0.3) is 10.0 Å². The average Bonchev–Trinajstić information content (AvgIpc) is 3.04. The van der Waals surface area contributed by atoms with Gasteiger partial charge in [-0.1, -0.05) is 0 Å². The van der Waals surface area contributed by atoms with E-state index in [1.165, 1.54) is 6.33 Å². The summed E-state index contributed by atoms with van der Waals surface area (Å²) in [5, 5.41) is 0.137. The first-order chi connectivity index (χ1) is 10.0. The van der Waals surface area contributed by atoms with Crippen LogP contribution < -0.4 is 0 Å². The smallest absolute Gasteiger partial charge is 0.262 e. The first-order valence-corrected chi connectivity index (χ1v) is 8.78. The number of hydrogen-bond donors (Lipinski definition) is 0. The third-order valence-electron chi connectivity index (χ3n) is 4.23. The first kappa shape index (κ1) is 15.0. The fraction of sp³-hybridized carbons (Fsp3) is 0.769. The Labute approximate surface area is 125 Å². The van der Waals surface area contributed by atoms with Crippen LogP contribution in [0.1, 0.15) is 13.3 Å². The molecule has 7 nitrogen and oxygen atoms in total. The second kappa shape index (κ2) is 5.68. The van der Waals surface area contributed by atoms with Crippen molar-refractivity contribution in [3.8, 4) is 0 Å². The van der Waals surface area contributed by atoms with Crippen molar-refractivity contribution in [2.75, 3.05) is 32.8 Å². The number of imidazole rings is 1. The molecule has 0 radical (unpaired) electrons. The third-order valence-corrected chi connectivity index (χ3v) is 5.98. The molecule has 118 valence electrons. The van der Waals surface area contributed by atoms with E-state index in [-0.39, 0.29) is 17.2 Å². The molecular weight excluding hydrogens is 292 g/mol. The molecule has 1 aromatic rings. The lowest BCUT2D eigenvalue weighted by Crippen LogP contribution is -2.51. The van der Waals surface area contributed by atoms with Gasteiger partial charge in [0.2, 0.25) is 0 Å². The highest BCUT2D eigenvalue weighted by atomic mass is 32.2. The number of rotatable bonds is 4. The van der Waals surface area contributed by atoms with Crippen LogP contribution in [0.2, 0.25) is 0 Å². The number of ether oxygens (including phenoxy) is 1. The maximum absolute atomic E-state index is 12.6. The molecule has 0 spiro atoms. The quantitative estimate of drug-likeness (QED) is 0.776. The normalized spacial score (nSPS) is 27.9. The largest absolute Gasteiger partial charge is 0.377 e. The molecule has 0 saturated carbocycles. The standard InChI is InChI=1S/C13H22N4O3S/c1-3-20-12-6-11-7-17(5-4-16(11)8-12)21(18,19)13-9-15(2)10-14-13/h9-12H,3-8H2,1-2H3/t11-,12+/m0/s1. The van der Waals surface area contributed by atoms with Crippen LogP contribution in [-0.2, 0) is 21.8 Å². The molecule has 21 heavy (non-hydrogen) atoms. The topological polar surface area (TPSA) is 67.7 Å². The summed E-state index contributed by atoms with van der Waals surface area (Å²) in [7, 11) is -1.70. The van der Waals surface area contributed by atoms with Crippen LogP contribution in [0.25, 0.3) is 0 Å². The number of nitrogens with zero attached hydrogens (tertiary/aromatic N) is 4. The summed E-state index contributed by atoms with van der Waals surface area (Å²) in [4.78, 5) is 6.33. The molecule has 0 unspecified atom stereocenters. The SMILES string of the molecule is CCO[C@@H]1C[C@H]2CN(S(=O)(=O)c3cn(C)cn3)CCN2C1. The van der Waals surface area contributed by atoms with Gasteiger partial charge in [-0.2, -0.15) is 4.31 Å². The van der Waals surface area contributed by atoms with Crippen LogP contribution in [-0.4, -0.2) is 72.1 Å². The number of aryl methyl sites for hydroxylation is 1. The van der Waals surface area contributed by atoms with Crippen molar-refractivity contribution in [2.45, 2.75) is 30.5 Å². The Bertz CT molecular complexity index is 600. The Morgan fingerprint density at radius 3 is 2.86 bits per heavy atom. The highest BCUT2D eigenvalue weighted by Gasteiger charge is 2.40. The maximum Gasteiger partial charge on any atom is 0.262 e. The monoisotopic (exact) mass is 314 g/mol. The van der Waals surface area contributed by atoms with Crippen LogP contribution in [0.4, 0.5) is 0 Å². The van der Waals surface area contributed by atoms with Crippen molar-refractivity contribution >= 4 is 10.0 Å². The molecule has 2 saturated heterocycles. The number of aromatic nitrogens is 2. The second-order valence-electron chi connectivity index (χ2n) is 5.70. The molecule has 3 heterocycles. The number of piperazine rings is 1. The van der Waals surface area contributed by atoms with Gasteiger partial charge in [-0.05, 0) is 13.3 Å². The Morgan fingerprint density at radius 2 is 2.19 bits per heavy atom. The molecule has 0 N–H and O–H groups in total. The molecule has 0 amide bonds. The van der Waals surface area contributed by atoms with Gasteiger partial charge in [0, 0.05) is 52.1 Å². The summed E-state index contributed by atoms with van der Waals surface area (Å²) in [6.45, 7) is 5.43. The van der Waals surface area contributed by atoms with Gasteiger partial charge < -0.3 is 9.30 Å². The molecule has 2 aliphatic heterocycles. The highest BCUT2D eigenvalue weighted by molar-refractivity contribution is 7.89. The van der Waals surface area contributed by atoms with Crippen molar-refractivity contribution in [2.24, 2.45) is 7.05 Å². The molecule has 0 aromatic carbocycles. The molecular formula is C13H22N4O3S. The zero-order chi connectivity index (χ0) is 15.0. The van der Waals surface area contributed by atoms with Gasteiger partial charge in [0.15, 0.2) is 5.03 Å². The Kier molecular flexibility index (Phi) is 4.04. The minimum atomic E-state index is -3.48. The van der Waals surface area contributed by atoms with Gasteiger partial charge in [0.1, 0.15) is 0 Å². The summed E-state index contributed by atoms with van der Waals surface area (Å²) in [6.07, 6.45) is 4.21. The Morgan fingerprint density at radius 1 is 1.38 bits per heavy atom. The van der Waals surface area contributed by atoms with Crippen LogP contribution >= 0.6 is 0 Å². The maximum atomic E-state index is 12.6. The van der Waals surface area contributed by atoms with Crippen molar-refractivity contribution in [1.29, 1.82) is 0 Å². The van der Waals surface area contributed by atoms with Gasteiger partial charge in [-0.3, -0.25) is 4.90 Å². The second-order valence-corrected chi connectivity index (χ2v) is 7.59. The van der Waals surface area contributed by atoms with Gasteiger partial charge in [-0.15, -0.1) is 0 Å². The van der Waals surface area contributed by atoms with E-state index in [1.54, 1.807) is 22.1 Å². The molecule has 3 rings (SSSR count). The molecule has 2 atom stereocenters. The van der Waals surface area contributed by atoms with Crippen molar-refractivity contribution < 1.29 is 13.2 Å². The molecule has 0 aliphatic carbocycles. The fourth-order valence-corrected chi connectivity index (χ4v) is 4.63. The van der Waals surface area contributed by atoms with Gasteiger partial charge >= 0.3 is 0 Å². The molecule has 2 fully saturated rings. The lowest BCUT2D eigenvalue weighted by atomic mass is 10.2. The molecule has 2 aliphatic rings. The molecule has 1 aromatic heterocycles. The minimum absolute atomic E-state index is 0.137. The van der Waals surface area contributed by atoms with E-state index < -0.39 is 10.0 Å². The van der Waals surface area contributed by atoms with Crippen molar-refractivity contribution in [1.82, 2.24) is 18.8 Å².